The number of carbonyl (C=O) groups excluding carboxylic acids is 2. The lowest BCUT2D eigenvalue weighted by molar-refractivity contribution is -0.137. The molecule has 0 aromatic carbocycles. The molecular weight excluding hydrogens is 528 g/mol. The first kappa shape index (κ1) is 27.6. The summed E-state index contributed by atoms with van der Waals surface area (Å²) in [5.74, 6) is -2.35. The van der Waals surface area contributed by atoms with Gasteiger partial charge in [-0.25, -0.2) is 0 Å². The lowest BCUT2D eigenvalue weighted by Gasteiger charge is -2.18. The highest BCUT2D eigenvalue weighted by Gasteiger charge is 2.45. The maximum atomic E-state index is 13.7. The van der Waals surface area contributed by atoms with Gasteiger partial charge in [-0.15, -0.1) is 0 Å². The lowest BCUT2D eigenvalue weighted by atomic mass is 9.85. The third kappa shape index (κ3) is 4.00. The molecule has 42 heavy (non-hydrogen) atoms. The van der Waals surface area contributed by atoms with Crippen molar-refractivity contribution in [2.24, 2.45) is 17.8 Å². The van der Waals surface area contributed by atoms with Gasteiger partial charge in [0.1, 0.15) is 12.2 Å². The summed E-state index contributed by atoms with van der Waals surface area (Å²) >= 11 is 0. The predicted molar refractivity (Wildman–Crippen MR) is 164 cm³/mol. The van der Waals surface area contributed by atoms with Crippen molar-refractivity contribution in [3.05, 3.63) is 84.8 Å². The van der Waals surface area contributed by atoms with Crippen LogP contribution < -0.4 is 16.0 Å². The molecule has 8 bridgehead atoms. The molecule has 3 aromatic heterocycles. The van der Waals surface area contributed by atoms with Crippen molar-refractivity contribution >= 4 is 47.9 Å². The Labute approximate surface area is 244 Å². The second-order valence-corrected chi connectivity index (χ2v) is 11.7. The molecule has 2 aliphatic heterocycles. The quantitative estimate of drug-likeness (QED) is 0.226. The van der Waals surface area contributed by atoms with Gasteiger partial charge in [-0.2, -0.15) is 0 Å². The van der Waals surface area contributed by atoms with Crippen molar-refractivity contribution < 1.29 is 19.5 Å². The van der Waals surface area contributed by atoms with E-state index in [1.807, 2.05) is 19.1 Å². The topological polar surface area (TPSA) is 131 Å². The van der Waals surface area contributed by atoms with E-state index in [1.165, 1.54) is 5.56 Å². The molecule has 5 heterocycles. The molecule has 0 amide bonds. The molecule has 216 valence electrons. The number of aromatic nitrogens is 3. The molecule has 1 saturated heterocycles. The number of carboxylic acid groups (broad SMARTS) is 1. The summed E-state index contributed by atoms with van der Waals surface area (Å²) in [6.07, 6.45) is 9.98. The molecule has 0 unspecified atom stereocenters. The first-order valence-electron chi connectivity index (χ1n) is 14.5. The Morgan fingerprint density at radius 1 is 1.00 bits per heavy atom. The van der Waals surface area contributed by atoms with Gasteiger partial charge in [0.05, 0.1) is 5.69 Å². The monoisotopic (exact) mass is 564 g/mol. The van der Waals surface area contributed by atoms with Crippen molar-refractivity contribution in [3.8, 4) is 0 Å². The Balaban J connectivity index is 1.73. The molecule has 3 aliphatic rings. The van der Waals surface area contributed by atoms with Crippen LogP contribution >= 0.6 is 0 Å². The highest BCUT2D eigenvalue weighted by molar-refractivity contribution is 6.22. The number of nitrogens with one attached hydrogen (secondary N) is 4. The van der Waals surface area contributed by atoms with Crippen LogP contribution in [0.2, 0.25) is 0 Å². The molecule has 1 aliphatic carbocycles. The number of allylic oxidation sites excluding steroid dienone is 3. The van der Waals surface area contributed by atoms with Crippen LogP contribution in [0.25, 0.3) is 29.9 Å². The Kier molecular flexibility index (Phi) is 6.60. The maximum Gasteiger partial charge on any atom is 0.303 e. The fourth-order valence-corrected chi connectivity index (χ4v) is 7.10. The molecule has 5 N–H and O–H groups in total. The fraction of sp³-hybridized carbons (Fsp3) is 0.324. The van der Waals surface area contributed by atoms with Gasteiger partial charge >= 0.3 is 5.97 Å². The number of rotatable bonds is 6. The second-order valence-electron chi connectivity index (χ2n) is 11.7. The molecular formula is C34H36N4O4. The number of aliphatic carboxylic acids is 1. The fourth-order valence-electron chi connectivity index (χ4n) is 7.10. The Bertz CT molecular complexity index is 1890. The zero-order chi connectivity index (χ0) is 30.0. The van der Waals surface area contributed by atoms with Crippen molar-refractivity contribution in [3.63, 3.8) is 0 Å². The van der Waals surface area contributed by atoms with Crippen LogP contribution in [0.5, 0.6) is 0 Å². The van der Waals surface area contributed by atoms with Gasteiger partial charge in [0, 0.05) is 74.1 Å². The number of carboxylic acids is 1. The van der Waals surface area contributed by atoms with Gasteiger partial charge in [-0.3, -0.25) is 9.59 Å². The number of H-pyrrole nitrogens is 3. The molecule has 8 heteroatoms. The van der Waals surface area contributed by atoms with Crippen molar-refractivity contribution in [1.82, 2.24) is 20.3 Å². The predicted octanol–water partition coefficient (Wildman–Crippen LogP) is 4.26. The Morgan fingerprint density at radius 2 is 1.71 bits per heavy atom. The van der Waals surface area contributed by atoms with E-state index in [-0.39, 0.29) is 24.0 Å². The summed E-state index contributed by atoms with van der Waals surface area (Å²) in [4.78, 5) is 48.5. The summed E-state index contributed by atoms with van der Waals surface area (Å²) in [6.45, 7) is 14.3. The van der Waals surface area contributed by atoms with Gasteiger partial charge in [-0.1, -0.05) is 26.5 Å². The minimum absolute atomic E-state index is 0.0224. The zero-order valence-electron chi connectivity index (χ0n) is 24.6. The summed E-state index contributed by atoms with van der Waals surface area (Å²) in [6, 6.07) is 0. The number of Topliss-reactive ketones (excluding diaryl/α,β-unsaturated/α-hetero) is 1. The molecule has 3 aromatic rings. The van der Waals surface area contributed by atoms with E-state index in [2.05, 4.69) is 66.7 Å². The third-order valence-corrected chi connectivity index (χ3v) is 9.49. The summed E-state index contributed by atoms with van der Waals surface area (Å²) in [5.41, 5.74) is 11.3. The van der Waals surface area contributed by atoms with Crippen molar-refractivity contribution in [2.45, 2.75) is 53.9 Å². The van der Waals surface area contributed by atoms with Crippen molar-refractivity contribution in [1.29, 1.82) is 0 Å². The van der Waals surface area contributed by atoms with Gasteiger partial charge in [0.2, 0.25) is 0 Å². The smallest absolute Gasteiger partial charge is 0.303 e. The minimum Gasteiger partial charge on any atom is -0.481 e. The zero-order valence-corrected chi connectivity index (χ0v) is 24.6. The van der Waals surface area contributed by atoms with E-state index in [0.29, 0.717) is 29.5 Å². The normalized spacial score (nSPS) is 25.2. The second kappa shape index (κ2) is 10.0. The van der Waals surface area contributed by atoms with Gasteiger partial charge in [-0.05, 0) is 74.1 Å². The minimum atomic E-state index is -0.953. The van der Waals surface area contributed by atoms with Crippen LogP contribution in [0.1, 0.15) is 87.6 Å². The van der Waals surface area contributed by atoms with E-state index in [9.17, 15) is 19.5 Å². The molecule has 6 rings (SSSR count). The van der Waals surface area contributed by atoms with Crippen LogP contribution in [0.3, 0.4) is 0 Å². The number of aldehydes is 1. The van der Waals surface area contributed by atoms with Crippen LogP contribution in [-0.4, -0.2) is 38.1 Å². The van der Waals surface area contributed by atoms with Crippen LogP contribution in [-0.2, 0) is 16.0 Å². The summed E-state index contributed by atoms with van der Waals surface area (Å²) in [5, 5.41) is 15.1. The van der Waals surface area contributed by atoms with Crippen LogP contribution in [0.4, 0.5) is 0 Å². The average molecular weight is 565 g/mol. The van der Waals surface area contributed by atoms with Crippen LogP contribution in [0, 0.1) is 38.5 Å². The number of fused-ring (bicyclic) bond motifs is 7. The number of aromatic amines is 3. The molecule has 8 nitrogen and oxygen atoms in total. The number of ketones is 1. The van der Waals surface area contributed by atoms with Crippen molar-refractivity contribution in [2.75, 3.05) is 0 Å². The van der Waals surface area contributed by atoms with Gasteiger partial charge in [0.25, 0.3) is 0 Å². The maximum absolute atomic E-state index is 13.7. The average Bonchev–Trinajstić information content (AvgIpc) is 3.68. The molecule has 0 spiro atoms. The Hall–Kier alpha value is -4.59. The number of carbonyl (C=O) groups is 3. The van der Waals surface area contributed by atoms with E-state index in [1.54, 1.807) is 0 Å². The highest BCUT2D eigenvalue weighted by Crippen LogP contribution is 2.47. The highest BCUT2D eigenvalue weighted by atomic mass is 16.4. The van der Waals surface area contributed by atoms with E-state index in [4.69, 9.17) is 0 Å². The van der Waals surface area contributed by atoms with E-state index >= 15 is 0 Å². The summed E-state index contributed by atoms with van der Waals surface area (Å²) in [7, 11) is 0. The number of hydrogen-bond donors (Lipinski definition) is 5. The molecule has 0 radical (unpaired) electrons. The van der Waals surface area contributed by atoms with Crippen LogP contribution in [0.15, 0.2) is 18.0 Å². The standard InChI is InChI=1S/C34H36N4O4/c1-7-19-15(3)23-11-25-17(5)21(9-10-29(40)41)32(37-25)31-22(14-39)34(42)30-18(6)26(38-33(30)31)13-28-20(8-2)16(4)24(36-28)12-27(19)35-23/h7,11-14,17,21-22,35-38H,1,8-10H2,2-6H3,(H,40,41)/b24-12-,25-11-,28-13-,32-31-/t17-,21-,22+/m0/s1. The first-order chi connectivity index (χ1) is 20.1. The molecule has 3 atom stereocenters. The SMILES string of the molecule is C=Cc1c2[nH]c(c1C)/C=C1\N/C(=C3\c4[nH]c(c(C)c4C(=O)[C@@H]3C=O)/C=c3\[nH]/c(c(C)c3CC)=C\2)[C@@H](CCC(=O)O)[C@@H]1C. The van der Waals surface area contributed by atoms with Gasteiger partial charge in [0.15, 0.2) is 5.78 Å². The third-order valence-electron chi connectivity index (χ3n) is 9.49. The Morgan fingerprint density at radius 3 is 2.38 bits per heavy atom. The summed E-state index contributed by atoms with van der Waals surface area (Å²) < 4.78 is 0. The number of hydrogen-bond acceptors (Lipinski definition) is 4. The molecule has 0 saturated carbocycles. The van der Waals surface area contributed by atoms with E-state index < -0.39 is 11.9 Å². The van der Waals surface area contributed by atoms with E-state index in [0.717, 1.165) is 67.8 Å². The largest absolute Gasteiger partial charge is 0.481 e. The lowest BCUT2D eigenvalue weighted by Crippen LogP contribution is -2.18. The molecule has 1 fully saturated rings. The van der Waals surface area contributed by atoms with Gasteiger partial charge < -0.3 is 30.2 Å². The first-order valence-corrected chi connectivity index (χ1v) is 14.5.